The molecule has 0 aliphatic rings. The van der Waals surface area contributed by atoms with Gasteiger partial charge in [0, 0.05) is 12.8 Å². The highest BCUT2D eigenvalue weighted by molar-refractivity contribution is 7.90. The van der Waals surface area contributed by atoms with E-state index in [0.29, 0.717) is 13.1 Å². The molecule has 0 radical (unpaired) electrons. The van der Waals surface area contributed by atoms with Gasteiger partial charge in [-0.1, -0.05) is 5.92 Å². The standard InChI is InChI=1S/C6H11NO2S/c1-3-4-7-5-6-10(2,8)9/h1,7H,4-6H2,2H3. The van der Waals surface area contributed by atoms with E-state index in [0.717, 1.165) is 0 Å². The fourth-order valence-corrected chi connectivity index (χ4v) is 0.933. The Kier molecular flexibility index (Phi) is 4.08. The number of hydrogen-bond donors (Lipinski definition) is 1. The number of sulfone groups is 1. The quantitative estimate of drug-likeness (QED) is 0.436. The van der Waals surface area contributed by atoms with Gasteiger partial charge in [-0.15, -0.1) is 6.42 Å². The van der Waals surface area contributed by atoms with Crippen molar-refractivity contribution in [2.75, 3.05) is 25.1 Å². The topological polar surface area (TPSA) is 46.2 Å². The molecule has 0 aliphatic carbocycles. The van der Waals surface area contributed by atoms with Crippen molar-refractivity contribution in [1.82, 2.24) is 5.32 Å². The average Bonchev–Trinajstić information content (AvgIpc) is 1.78. The summed E-state index contributed by atoms with van der Waals surface area (Å²) in [5, 5.41) is 2.78. The minimum absolute atomic E-state index is 0.147. The van der Waals surface area contributed by atoms with Crippen molar-refractivity contribution in [1.29, 1.82) is 0 Å². The van der Waals surface area contributed by atoms with Crippen LogP contribution in [0.4, 0.5) is 0 Å². The lowest BCUT2D eigenvalue weighted by molar-refractivity contribution is 0.598. The third-order valence-corrected chi connectivity index (χ3v) is 1.82. The van der Waals surface area contributed by atoms with Gasteiger partial charge in [0.15, 0.2) is 0 Å². The molecule has 0 saturated carbocycles. The Bertz CT molecular complexity index is 212. The lowest BCUT2D eigenvalue weighted by Crippen LogP contribution is -2.22. The van der Waals surface area contributed by atoms with E-state index >= 15 is 0 Å². The highest BCUT2D eigenvalue weighted by Crippen LogP contribution is 1.78. The molecule has 1 N–H and O–H groups in total. The second-order valence-electron chi connectivity index (χ2n) is 2.01. The largest absolute Gasteiger partial charge is 0.305 e. The van der Waals surface area contributed by atoms with Crippen LogP contribution in [0.25, 0.3) is 0 Å². The highest BCUT2D eigenvalue weighted by atomic mass is 32.2. The zero-order valence-corrected chi connectivity index (χ0v) is 6.74. The number of terminal acetylenes is 1. The first-order valence-corrected chi connectivity index (χ1v) is 4.94. The third-order valence-electron chi connectivity index (χ3n) is 0.877. The molecule has 0 aromatic rings. The van der Waals surface area contributed by atoms with E-state index in [9.17, 15) is 8.42 Å². The highest BCUT2D eigenvalue weighted by Gasteiger charge is 1.98. The lowest BCUT2D eigenvalue weighted by Gasteiger charge is -1.96. The van der Waals surface area contributed by atoms with Crippen molar-refractivity contribution in [2.24, 2.45) is 0 Å². The first-order chi connectivity index (χ1) is 4.56. The molecule has 3 nitrogen and oxygen atoms in total. The van der Waals surface area contributed by atoms with Gasteiger partial charge < -0.3 is 5.32 Å². The Hall–Kier alpha value is -0.530. The molecule has 0 aliphatic heterocycles. The fourth-order valence-electron chi connectivity index (χ4n) is 0.418. The molecule has 0 atom stereocenters. The van der Waals surface area contributed by atoms with Crippen molar-refractivity contribution >= 4 is 9.84 Å². The molecule has 4 heteroatoms. The summed E-state index contributed by atoms with van der Waals surface area (Å²) in [4.78, 5) is 0. The Morgan fingerprint density at radius 2 is 2.20 bits per heavy atom. The maximum absolute atomic E-state index is 10.5. The summed E-state index contributed by atoms with van der Waals surface area (Å²) in [6.45, 7) is 0.860. The van der Waals surface area contributed by atoms with Crippen LogP contribution in [0.3, 0.4) is 0 Å². The van der Waals surface area contributed by atoms with Crippen LogP contribution >= 0.6 is 0 Å². The maximum atomic E-state index is 10.5. The van der Waals surface area contributed by atoms with Crippen LogP contribution in [0.1, 0.15) is 0 Å². The first kappa shape index (κ1) is 9.47. The van der Waals surface area contributed by atoms with E-state index in [-0.39, 0.29) is 5.75 Å². The number of hydrogen-bond acceptors (Lipinski definition) is 3. The molecule has 0 bridgehead atoms. The predicted molar refractivity (Wildman–Crippen MR) is 41.4 cm³/mol. The number of rotatable bonds is 4. The second-order valence-corrected chi connectivity index (χ2v) is 4.27. The van der Waals surface area contributed by atoms with Gasteiger partial charge in [-0.25, -0.2) is 8.42 Å². The van der Waals surface area contributed by atoms with Crippen molar-refractivity contribution in [3.8, 4) is 12.3 Å². The van der Waals surface area contributed by atoms with Gasteiger partial charge in [-0.3, -0.25) is 0 Å². The molecule has 0 heterocycles. The summed E-state index contributed by atoms with van der Waals surface area (Å²) in [7, 11) is -2.84. The molecule has 0 rings (SSSR count). The second kappa shape index (κ2) is 4.31. The van der Waals surface area contributed by atoms with E-state index in [1.54, 1.807) is 0 Å². The molecule has 0 amide bonds. The lowest BCUT2D eigenvalue weighted by atomic mass is 10.6. The molecule has 0 spiro atoms. The van der Waals surface area contributed by atoms with E-state index in [2.05, 4.69) is 11.2 Å². The molecule has 10 heavy (non-hydrogen) atoms. The number of nitrogens with one attached hydrogen (secondary N) is 1. The zero-order chi connectivity index (χ0) is 8.04. The Labute approximate surface area is 61.7 Å². The Morgan fingerprint density at radius 3 is 2.60 bits per heavy atom. The molecule has 0 fully saturated rings. The molecule has 0 saturated heterocycles. The summed E-state index contributed by atoms with van der Waals surface area (Å²) < 4.78 is 21.0. The average molecular weight is 161 g/mol. The summed E-state index contributed by atoms with van der Waals surface area (Å²) >= 11 is 0. The fraction of sp³-hybridized carbons (Fsp3) is 0.667. The van der Waals surface area contributed by atoms with E-state index in [1.807, 2.05) is 0 Å². The van der Waals surface area contributed by atoms with Gasteiger partial charge in [0.25, 0.3) is 0 Å². The van der Waals surface area contributed by atoms with Crippen molar-refractivity contribution < 1.29 is 8.42 Å². The minimum atomic E-state index is -2.84. The van der Waals surface area contributed by atoms with E-state index in [1.165, 1.54) is 6.26 Å². The SMILES string of the molecule is C#CCNCCS(C)(=O)=O. The van der Waals surface area contributed by atoms with Gasteiger partial charge >= 0.3 is 0 Å². The van der Waals surface area contributed by atoms with Crippen molar-refractivity contribution in [2.45, 2.75) is 0 Å². The summed E-state index contributed by atoms with van der Waals surface area (Å²) in [5.41, 5.74) is 0. The van der Waals surface area contributed by atoms with Crippen LogP contribution in [0.2, 0.25) is 0 Å². The Balaban J connectivity index is 3.32. The summed E-state index contributed by atoms with van der Waals surface area (Å²) in [6, 6.07) is 0. The molecule has 0 aromatic carbocycles. The third kappa shape index (κ3) is 7.47. The first-order valence-electron chi connectivity index (χ1n) is 2.88. The van der Waals surface area contributed by atoms with Gasteiger partial charge in [-0.2, -0.15) is 0 Å². The van der Waals surface area contributed by atoms with Crippen molar-refractivity contribution in [3.63, 3.8) is 0 Å². The Morgan fingerprint density at radius 1 is 1.60 bits per heavy atom. The monoisotopic (exact) mass is 161 g/mol. The molecular weight excluding hydrogens is 150 g/mol. The van der Waals surface area contributed by atoms with Crippen LogP contribution in [-0.2, 0) is 9.84 Å². The normalized spacial score (nSPS) is 10.8. The van der Waals surface area contributed by atoms with Crippen LogP contribution in [-0.4, -0.2) is 33.5 Å². The van der Waals surface area contributed by atoms with Crippen molar-refractivity contribution in [3.05, 3.63) is 0 Å². The van der Waals surface area contributed by atoms with Crippen LogP contribution in [0.15, 0.2) is 0 Å². The van der Waals surface area contributed by atoms with Crippen LogP contribution in [0, 0.1) is 12.3 Å². The van der Waals surface area contributed by atoms with Crippen LogP contribution < -0.4 is 5.32 Å². The van der Waals surface area contributed by atoms with E-state index < -0.39 is 9.84 Å². The van der Waals surface area contributed by atoms with Crippen LogP contribution in [0.5, 0.6) is 0 Å². The molecular formula is C6H11NO2S. The predicted octanol–water partition coefficient (Wildman–Crippen LogP) is -0.746. The molecule has 0 aromatic heterocycles. The van der Waals surface area contributed by atoms with Gasteiger partial charge in [0.2, 0.25) is 0 Å². The summed E-state index contributed by atoms with van der Waals surface area (Å²) in [5.74, 6) is 2.50. The van der Waals surface area contributed by atoms with Gasteiger partial charge in [-0.05, 0) is 0 Å². The zero-order valence-electron chi connectivity index (χ0n) is 5.92. The summed E-state index contributed by atoms with van der Waals surface area (Å²) in [6.07, 6.45) is 6.12. The van der Waals surface area contributed by atoms with Gasteiger partial charge in [0.05, 0.1) is 12.3 Å². The maximum Gasteiger partial charge on any atom is 0.148 e. The van der Waals surface area contributed by atoms with E-state index in [4.69, 9.17) is 6.42 Å². The smallest absolute Gasteiger partial charge is 0.148 e. The molecule has 0 unspecified atom stereocenters. The van der Waals surface area contributed by atoms with Gasteiger partial charge in [0.1, 0.15) is 9.84 Å². The molecule has 58 valence electrons. The minimum Gasteiger partial charge on any atom is -0.305 e.